The zero-order valence-corrected chi connectivity index (χ0v) is 25.1. The van der Waals surface area contributed by atoms with Gasteiger partial charge in [-0.1, -0.05) is 146 Å². The highest BCUT2D eigenvalue weighted by Crippen LogP contribution is 2.68. The van der Waals surface area contributed by atoms with Gasteiger partial charge in [-0.25, -0.2) is 0 Å². The topological polar surface area (TPSA) is 0 Å². The van der Waals surface area contributed by atoms with Crippen LogP contribution in [0.25, 0.3) is 0 Å². The van der Waals surface area contributed by atoms with E-state index in [4.69, 9.17) is 0 Å². The van der Waals surface area contributed by atoms with E-state index in [0.717, 1.165) is 12.8 Å². The summed E-state index contributed by atoms with van der Waals surface area (Å²) in [6, 6.07) is 44.8. The highest BCUT2D eigenvalue weighted by molar-refractivity contribution is 7.78. The van der Waals surface area contributed by atoms with Gasteiger partial charge in [0.2, 0.25) is 0 Å². The van der Waals surface area contributed by atoms with Crippen molar-refractivity contribution in [2.75, 3.05) is 0 Å². The quantitative estimate of drug-likeness (QED) is 0.133. The maximum absolute atomic E-state index is 4.50. The monoisotopic (exact) mass is 534 g/mol. The lowest BCUT2D eigenvalue weighted by atomic mass is 9.84. The standard InChI is InChI=1S/C36H40P2/c1-29(2)27-35(5,37(31-19-11-7-12-20-31)32-21-13-8-14-22-32)36(6,28-30(3)4)38(33-23-15-9-16-24-33)34-25-17-10-18-26-34/h7-26H,1,3,27-28H2,2,4-6H3. The number of hydrogen-bond acceptors (Lipinski definition) is 0. The van der Waals surface area contributed by atoms with E-state index in [1.165, 1.54) is 32.4 Å². The van der Waals surface area contributed by atoms with Gasteiger partial charge in [-0.15, -0.1) is 13.2 Å². The first-order valence-corrected chi connectivity index (χ1v) is 16.0. The summed E-state index contributed by atoms with van der Waals surface area (Å²) in [5.74, 6) is 0. The molecule has 0 spiro atoms. The number of rotatable bonds is 11. The molecule has 0 bridgehead atoms. The Hall–Kier alpha value is -2.78. The maximum atomic E-state index is 4.50. The van der Waals surface area contributed by atoms with Crippen LogP contribution in [-0.2, 0) is 0 Å². The predicted molar refractivity (Wildman–Crippen MR) is 174 cm³/mol. The maximum Gasteiger partial charge on any atom is 0.00962 e. The molecule has 0 aromatic heterocycles. The van der Waals surface area contributed by atoms with E-state index in [0.29, 0.717) is 0 Å². The van der Waals surface area contributed by atoms with Crippen LogP contribution in [0.4, 0.5) is 0 Å². The van der Waals surface area contributed by atoms with Crippen molar-refractivity contribution in [2.45, 2.75) is 50.8 Å². The van der Waals surface area contributed by atoms with Crippen LogP contribution in [0.5, 0.6) is 0 Å². The van der Waals surface area contributed by atoms with Gasteiger partial charge in [0.1, 0.15) is 0 Å². The molecule has 0 amide bonds. The summed E-state index contributed by atoms with van der Waals surface area (Å²) in [4.78, 5) is 0. The summed E-state index contributed by atoms with van der Waals surface area (Å²) in [5, 5.41) is 5.46. The Morgan fingerprint density at radius 3 is 0.868 bits per heavy atom. The molecule has 4 aromatic carbocycles. The Bertz CT molecular complexity index is 1150. The molecular formula is C36H40P2. The molecule has 2 unspecified atom stereocenters. The molecule has 0 radical (unpaired) electrons. The molecule has 0 fully saturated rings. The van der Waals surface area contributed by atoms with Crippen LogP contribution < -0.4 is 21.2 Å². The summed E-state index contributed by atoms with van der Waals surface area (Å²) < 4.78 is 0. The average Bonchev–Trinajstić information content (AvgIpc) is 2.90. The van der Waals surface area contributed by atoms with Crippen molar-refractivity contribution in [3.8, 4) is 0 Å². The normalized spacial score (nSPS) is 14.6. The molecule has 0 saturated carbocycles. The first-order chi connectivity index (χ1) is 18.3. The van der Waals surface area contributed by atoms with E-state index in [2.05, 4.69) is 162 Å². The molecule has 0 aliphatic rings. The van der Waals surface area contributed by atoms with Gasteiger partial charge in [-0.2, -0.15) is 0 Å². The van der Waals surface area contributed by atoms with Gasteiger partial charge in [0.15, 0.2) is 0 Å². The molecule has 194 valence electrons. The zero-order chi connectivity index (χ0) is 27.2. The fourth-order valence-corrected chi connectivity index (χ4v) is 13.3. The lowest BCUT2D eigenvalue weighted by Gasteiger charge is -2.56. The average molecular weight is 535 g/mol. The molecule has 0 saturated heterocycles. The fourth-order valence-electron chi connectivity index (χ4n) is 5.94. The Morgan fingerprint density at radius 1 is 0.474 bits per heavy atom. The van der Waals surface area contributed by atoms with E-state index < -0.39 is 15.8 Å². The summed E-state index contributed by atoms with van der Waals surface area (Å²) in [6.45, 7) is 18.5. The summed E-state index contributed by atoms with van der Waals surface area (Å²) in [5.41, 5.74) is 2.46. The van der Waals surface area contributed by atoms with Crippen molar-refractivity contribution in [1.29, 1.82) is 0 Å². The van der Waals surface area contributed by atoms with Gasteiger partial charge in [-0.3, -0.25) is 0 Å². The van der Waals surface area contributed by atoms with E-state index in [1.54, 1.807) is 0 Å². The zero-order valence-electron chi connectivity index (χ0n) is 23.3. The summed E-state index contributed by atoms with van der Waals surface area (Å²) in [6.07, 6.45) is 1.90. The highest BCUT2D eigenvalue weighted by Gasteiger charge is 2.54. The largest absolute Gasteiger partial charge is 0.100 e. The van der Waals surface area contributed by atoms with Crippen LogP contribution in [0.2, 0.25) is 0 Å². The SMILES string of the molecule is C=C(C)CC(C)(P(c1ccccc1)c1ccccc1)C(C)(CC(=C)C)P(c1ccccc1)c1ccccc1. The van der Waals surface area contributed by atoms with E-state index in [9.17, 15) is 0 Å². The second-order valence-corrected chi connectivity index (χ2v) is 16.2. The van der Waals surface area contributed by atoms with Gasteiger partial charge < -0.3 is 0 Å². The van der Waals surface area contributed by atoms with Crippen molar-refractivity contribution >= 4 is 37.1 Å². The molecule has 0 heterocycles. The first kappa shape index (κ1) is 28.2. The molecule has 0 aliphatic heterocycles. The predicted octanol–water partition coefficient (Wildman–Crippen LogP) is 8.70. The Morgan fingerprint density at radius 2 is 0.684 bits per heavy atom. The molecule has 38 heavy (non-hydrogen) atoms. The number of benzene rings is 4. The van der Waals surface area contributed by atoms with E-state index in [1.807, 2.05) is 0 Å². The van der Waals surface area contributed by atoms with Crippen LogP contribution in [-0.4, -0.2) is 10.3 Å². The van der Waals surface area contributed by atoms with E-state index in [-0.39, 0.29) is 10.3 Å². The van der Waals surface area contributed by atoms with Crippen molar-refractivity contribution in [1.82, 2.24) is 0 Å². The van der Waals surface area contributed by atoms with Crippen molar-refractivity contribution in [3.05, 3.63) is 146 Å². The van der Waals surface area contributed by atoms with Crippen LogP contribution in [0.1, 0.15) is 40.5 Å². The molecule has 4 rings (SSSR count). The Balaban J connectivity index is 2.08. The molecule has 2 heteroatoms. The van der Waals surface area contributed by atoms with Gasteiger partial charge in [0, 0.05) is 10.3 Å². The minimum atomic E-state index is -0.746. The van der Waals surface area contributed by atoms with Crippen LogP contribution >= 0.6 is 15.8 Å². The molecule has 0 N–H and O–H groups in total. The van der Waals surface area contributed by atoms with Crippen molar-refractivity contribution in [2.24, 2.45) is 0 Å². The van der Waals surface area contributed by atoms with Gasteiger partial charge in [-0.05, 0) is 63.8 Å². The molecule has 0 nitrogen and oxygen atoms in total. The number of allylic oxidation sites excluding steroid dienone is 2. The van der Waals surface area contributed by atoms with Gasteiger partial charge >= 0.3 is 0 Å². The third-order valence-corrected chi connectivity index (χ3v) is 14.2. The van der Waals surface area contributed by atoms with E-state index >= 15 is 0 Å². The third kappa shape index (κ3) is 5.94. The molecule has 4 aromatic rings. The first-order valence-electron chi connectivity index (χ1n) is 13.4. The summed E-state index contributed by atoms with van der Waals surface area (Å²) >= 11 is 0. The van der Waals surface area contributed by atoms with Crippen molar-refractivity contribution < 1.29 is 0 Å². The van der Waals surface area contributed by atoms with Gasteiger partial charge in [0.25, 0.3) is 0 Å². The summed E-state index contributed by atoms with van der Waals surface area (Å²) in [7, 11) is -1.49. The third-order valence-electron chi connectivity index (χ3n) is 7.50. The van der Waals surface area contributed by atoms with Crippen LogP contribution in [0.15, 0.2) is 146 Å². The Labute approximate surface area is 233 Å². The Kier molecular flexibility index (Phi) is 9.20. The second-order valence-electron chi connectivity index (χ2n) is 10.8. The molecule has 0 aliphatic carbocycles. The van der Waals surface area contributed by atoms with Crippen LogP contribution in [0.3, 0.4) is 0 Å². The lowest BCUT2D eigenvalue weighted by Crippen LogP contribution is -2.53. The second kappa shape index (κ2) is 12.4. The molecular weight excluding hydrogens is 494 g/mol. The van der Waals surface area contributed by atoms with Gasteiger partial charge in [0.05, 0.1) is 0 Å². The lowest BCUT2D eigenvalue weighted by molar-refractivity contribution is 0.458. The minimum absolute atomic E-state index is 0.104. The highest BCUT2D eigenvalue weighted by atomic mass is 31.1. The molecule has 2 atom stereocenters. The van der Waals surface area contributed by atoms with Crippen LogP contribution in [0, 0.1) is 0 Å². The smallest absolute Gasteiger partial charge is 0.00962 e. The fraction of sp³-hybridized carbons (Fsp3) is 0.222. The number of hydrogen-bond donors (Lipinski definition) is 0. The minimum Gasteiger partial charge on any atom is -0.100 e. The van der Waals surface area contributed by atoms with Crippen molar-refractivity contribution in [3.63, 3.8) is 0 Å².